The van der Waals surface area contributed by atoms with Crippen LogP contribution in [0.3, 0.4) is 0 Å². The molecule has 1 saturated heterocycles. The van der Waals surface area contributed by atoms with Gasteiger partial charge in [0.15, 0.2) is 0 Å². The van der Waals surface area contributed by atoms with E-state index in [-0.39, 0.29) is 12.3 Å². The van der Waals surface area contributed by atoms with Gasteiger partial charge in [-0.1, -0.05) is 0 Å². The van der Waals surface area contributed by atoms with Gasteiger partial charge in [0.05, 0.1) is 18.7 Å². The molecule has 1 aromatic heterocycles. The van der Waals surface area contributed by atoms with Crippen LogP contribution in [-0.4, -0.2) is 33.1 Å². The molecule has 2 N–H and O–H groups in total. The number of hydrogen-bond donors (Lipinski definition) is 2. The quantitative estimate of drug-likeness (QED) is 0.725. The molecule has 7 nitrogen and oxygen atoms in total. The summed E-state index contributed by atoms with van der Waals surface area (Å²) in [4.78, 5) is 26.6. The Morgan fingerprint density at radius 3 is 3.24 bits per heavy atom. The number of aromatic nitrogens is 2. The summed E-state index contributed by atoms with van der Waals surface area (Å²) in [6.07, 6.45) is 1.56. The number of nitrogens with one attached hydrogen (secondary N) is 1. The number of imidazole rings is 1. The van der Waals surface area contributed by atoms with E-state index in [0.717, 1.165) is 0 Å². The van der Waals surface area contributed by atoms with Crippen molar-refractivity contribution in [2.24, 2.45) is 5.92 Å². The summed E-state index contributed by atoms with van der Waals surface area (Å²) in [5.74, 6) is -0.793. The van der Waals surface area contributed by atoms with Gasteiger partial charge in [0, 0.05) is 6.42 Å². The van der Waals surface area contributed by atoms with Crippen molar-refractivity contribution in [3.8, 4) is 5.88 Å². The molecule has 90 valence electrons. The highest BCUT2D eigenvalue weighted by Crippen LogP contribution is 2.33. The Labute approximate surface area is 96.4 Å². The molecule has 2 atom stereocenters. The first-order chi connectivity index (χ1) is 8.16. The first-order valence-electron chi connectivity index (χ1n) is 5.37. The molecule has 0 aliphatic carbocycles. The van der Waals surface area contributed by atoms with Gasteiger partial charge >= 0.3 is 5.97 Å². The van der Waals surface area contributed by atoms with E-state index in [2.05, 4.69) is 10.3 Å². The number of carbonyl (C=O) groups excluding carboxylic acids is 1. The third kappa shape index (κ3) is 1.46. The van der Waals surface area contributed by atoms with E-state index < -0.39 is 17.9 Å². The molecular formula is C10H11N3O4. The van der Waals surface area contributed by atoms with Crippen molar-refractivity contribution in [3.63, 3.8) is 0 Å². The molecule has 0 radical (unpaired) electrons. The third-order valence-corrected chi connectivity index (χ3v) is 3.13. The number of hydrogen-bond acceptors (Lipinski definition) is 4. The van der Waals surface area contributed by atoms with E-state index in [0.29, 0.717) is 24.9 Å². The number of nitrogens with zero attached hydrogens (tertiary/aromatic N) is 2. The fraction of sp³-hybridized carbons (Fsp3) is 0.500. The molecular weight excluding hydrogens is 226 g/mol. The Morgan fingerprint density at radius 1 is 1.65 bits per heavy atom. The van der Waals surface area contributed by atoms with Crippen LogP contribution in [0.25, 0.3) is 0 Å². The number of carbonyl (C=O) groups is 2. The zero-order chi connectivity index (χ0) is 12.0. The van der Waals surface area contributed by atoms with Crippen LogP contribution in [0.2, 0.25) is 0 Å². The Kier molecular flexibility index (Phi) is 2.07. The van der Waals surface area contributed by atoms with Crippen molar-refractivity contribution in [2.45, 2.75) is 19.0 Å². The van der Waals surface area contributed by atoms with Gasteiger partial charge in [0.1, 0.15) is 18.5 Å². The Morgan fingerprint density at radius 2 is 2.47 bits per heavy atom. The molecule has 2 aliphatic rings. The fourth-order valence-electron chi connectivity index (χ4n) is 2.33. The van der Waals surface area contributed by atoms with Crippen molar-refractivity contribution in [2.75, 3.05) is 6.61 Å². The summed E-state index contributed by atoms with van der Waals surface area (Å²) in [6, 6.07) is -0.560. The predicted octanol–water partition coefficient (Wildman–Crippen LogP) is -0.463. The van der Waals surface area contributed by atoms with E-state index in [9.17, 15) is 9.59 Å². The summed E-state index contributed by atoms with van der Waals surface area (Å²) >= 11 is 0. The number of rotatable bonds is 2. The molecule has 0 spiro atoms. The fourth-order valence-corrected chi connectivity index (χ4v) is 2.33. The van der Waals surface area contributed by atoms with Crippen LogP contribution in [0, 0.1) is 5.92 Å². The lowest BCUT2D eigenvalue weighted by atomic mass is 10.0. The molecule has 3 heterocycles. The van der Waals surface area contributed by atoms with Gasteiger partial charge in [-0.15, -0.1) is 0 Å². The third-order valence-electron chi connectivity index (χ3n) is 3.13. The lowest BCUT2D eigenvalue weighted by molar-refractivity contribution is -0.142. The molecule has 17 heavy (non-hydrogen) atoms. The highest BCUT2D eigenvalue weighted by atomic mass is 16.5. The lowest BCUT2D eigenvalue weighted by Crippen LogP contribution is -2.27. The van der Waals surface area contributed by atoms with E-state index >= 15 is 0 Å². The number of aliphatic carboxylic acids is 1. The molecule has 1 amide bonds. The van der Waals surface area contributed by atoms with Gasteiger partial charge in [-0.25, -0.2) is 4.98 Å². The second-order valence-corrected chi connectivity index (χ2v) is 4.15. The Bertz CT molecular complexity index is 496. The van der Waals surface area contributed by atoms with Gasteiger partial charge in [-0.3, -0.25) is 14.2 Å². The van der Waals surface area contributed by atoms with Crippen LogP contribution in [-0.2, 0) is 16.1 Å². The average molecular weight is 237 g/mol. The monoisotopic (exact) mass is 237 g/mol. The highest BCUT2D eigenvalue weighted by Gasteiger charge is 2.41. The molecule has 0 saturated carbocycles. The van der Waals surface area contributed by atoms with Crippen LogP contribution in [0.4, 0.5) is 0 Å². The Hall–Kier alpha value is -2.05. The second-order valence-electron chi connectivity index (χ2n) is 4.15. The first-order valence-corrected chi connectivity index (χ1v) is 5.37. The summed E-state index contributed by atoms with van der Waals surface area (Å²) in [7, 11) is 0. The molecule has 0 bridgehead atoms. The topological polar surface area (TPSA) is 93.5 Å². The Balaban J connectivity index is 1.97. The van der Waals surface area contributed by atoms with Gasteiger partial charge in [-0.05, 0) is 0 Å². The van der Waals surface area contributed by atoms with Crippen molar-refractivity contribution < 1.29 is 19.4 Å². The summed E-state index contributed by atoms with van der Waals surface area (Å²) in [5.41, 5.74) is 0. The number of carboxylic acid groups (broad SMARTS) is 1. The van der Waals surface area contributed by atoms with Crippen molar-refractivity contribution in [1.29, 1.82) is 0 Å². The number of fused-ring (bicyclic) bond motifs is 1. The molecule has 2 unspecified atom stereocenters. The zero-order valence-electron chi connectivity index (χ0n) is 8.92. The molecule has 0 aromatic carbocycles. The number of ether oxygens (including phenoxy) is 1. The summed E-state index contributed by atoms with van der Waals surface area (Å²) < 4.78 is 7.11. The maximum absolute atomic E-state index is 11.3. The van der Waals surface area contributed by atoms with Crippen molar-refractivity contribution in [3.05, 3.63) is 12.0 Å². The minimum atomic E-state index is -0.982. The van der Waals surface area contributed by atoms with E-state index in [1.165, 1.54) is 0 Å². The number of amides is 1. The molecule has 1 aromatic rings. The molecule has 1 fully saturated rings. The smallest absolute Gasteiger partial charge is 0.309 e. The molecule has 3 rings (SSSR count). The van der Waals surface area contributed by atoms with Crippen molar-refractivity contribution >= 4 is 11.9 Å². The standard InChI is InChI=1S/C10H11N3O4/c14-6-3-5(10(15)16)8(12-6)9-11-4-7-13(9)1-2-17-7/h4-5,8H,1-3H2,(H,12,14)(H,15,16). The average Bonchev–Trinajstić information content (AvgIpc) is 2.89. The minimum absolute atomic E-state index is 0.00303. The SMILES string of the molecule is O=C1CC(C(=O)O)C(c2ncc3n2CCO3)N1. The van der Waals surface area contributed by atoms with Gasteiger partial charge < -0.3 is 15.2 Å². The maximum Gasteiger partial charge on any atom is 0.309 e. The van der Waals surface area contributed by atoms with E-state index in [1.54, 1.807) is 6.20 Å². The van der Waals surface area contributed by atoms with Gasteiger partial charge in [-0.2, -0.15) is 0 Å². The largest absolute Gasteiger partial charge is 0.481 e. The first kappa shape index (κ1) is 10.1. The second kappa shape index (κ2) is 3.47. The summed E-state index contributed by atoms with van der Waals surface area (Å²) in [5, 5.41) is 11.7. The zero-order valence-corrected chi connectivity index (χ0v) is 8.92. The number of carboxylic acids is 1. The van der Waals surface area contributed by atoms with Crippen LogP contribution in [0.1, 0.15) is 18.3 Å². The lowest BCUT2D eigenvalue weighted by Gasteiger charge is -2.15. The summed E-state index contributed by atoms with van der Waals surface area (Å²) in [6.45, 7) is 1.20. The van der Waals surface area contributed by atoms with Gasteiger partial charge in [0.2, 0.25) is 11.8 Å². The maximum atomic E-state index is 11.3. The van der Waals surface area contributed by atoms with E-state index in [4.69, 9.17) is 9.84 Å². The van der Waals surface area contributed by atoms with Crippen LogP contribution in [0.15, 0.2) is 6.20 Å². The molecule has 2 aliphatic heterocycles. The van der Waals surface area contributed by atoms with E-state index in [1.807, 2.05) is 4.57 Å². The van der Waals surface area contributed by atoms with Crippen LogP contribution >= 0.6 is 0 Å². The molecule has 7 heteroatoms. The van der Waals surface area contributed by atoms with Crippen molar-refractivity contribution in [1.82, 2.24) is 14.9 Å². The predicted molar refractivity (Wildman–Crippen MR) is 54.3 cm³/mol. The van der Waals surface area contributed by atoms with Gasteiger partial charge in [0.25, 0.3) is 0 Å². The normalized spacial score (nSPS) is 26.5. The van der Waals surface area contributed by atoms with Crippen LogP contribution < -0.4 is 10.1 Å². The van der Waals surface area contributed by atoms with Crippen LogP contribution in [0.5, 0.6) is 5.88 Å². The highest BCUT2D eigenvalue weighted by molar-refractivity contribution is 5.87. The minimum Gasteiger partial charge on any atom is -0.481 e.